The van der Waals surface area contributed by atoms with Crippen LogP contribution in [0.3, 0.4) is 0 Å². The highest BCUT2D eigenvalue weighted by Crippen LogP contribution is 2.03. The fraction of sp³-hybridized carbons (Fsp3) is 0.800. The summed E-state index contributed by atoms with van der Waals surface area (Å²) in [6.07, 6.45) is 6.00. The Labute approximate surface area is 89.2 Å². The Morgan fingerprint density at radius 3 is 2.31 bits per heavy atom. The van der Waals surface area contributed by atoms with Crippen molar-refractivity contribution in [2.45, 2.75) is 40.0 Å². The lowest BCUT2D eigenvalue weighted by molar-refractivity contribution is 0.493. The second-order valence-electron chi connectivity index (χ2n) is 3.16. The molecule has 0 radical (unpaired) electrons. The molecule has 0 aromatic rings. The summed E-state index contributed by atoms with van der Waals surface area (Å²) in [7, 11) is -1.23. The van der Waals surface area contributed by atoms with E-state index in [1.54, 1.807) is 0 Å². The number of allylic oxidation sites excluding steroid dienone is 1. The molecule has 0 spiro atoms. The second-order valence-corrected chi connectivity index (χ2v) is 6.37. The minimum atomic E-state index is -1.23. The molecule has 0 bridgehead atoms. The highest BCUT2D eigenvalue weighted by atomic mass is 35.6. The predicted octanol–water partition coefficient (Wildman–Crippen LogP) is 3.07. The highest BCUT2D eigenvalue weighted by molar-refractivity contribution is 7.08. The maximum absolute atomic E-state index is 6.30. The number of hydrogen-bond acceptors (Lipinski definition) is 1. The molecule has 0 aliphatic carbocycles. The number of unbranched alkanes of at least 4 members (excludes halogenated alkanes) is 2. The first-order valence-corrected chi connectivity index (χ1v) is 8.23. The van der Waals surface area contributed by atoms with Gasteiger partial charge in [-0.05, 0) is 19.5 Å². The van der Waals surface area contributed by atoms with Crippen LogP contribution in [0.25, 0.3) is 0 Å². The molecule has 0 rings (SSSR count). The Morgan fingerprint density at radius 2 is 1.85 bits per heavy atom. The standard InChI is InChI=1S/C10H22ClNSi/c1-4-7-8-9-10-13(11)12(5-2)6-3/h9-10,13H,4-8H2,1-3H3. The summed E-state index contributed by atoms with van der Waals surface area (Å²) >= 11 is 6.30. The lowest BCUT2D eigenvalue weighted by Crippen LogP contribution is -2.33. The van der Waals surface area contributed by atoms with Crippen LogP contribution in [0.1, 0.15) is 40.0 Å². The van der Waals surface area contributed by atoms with Crippen LogP contribution in [0.4, 0.5) is 0 Å². The van der Waals surface area contributed by atoms with E-state index in [2.05, 4.69) is 37.1 Å². The van der Waals surface area contributed by atoms with Crippen LogP contribution < -0.4 is 0 Å². The molecule has 0 aromatic heterocycles. The quantitative estimate of drug-likeness (QED) is 0.362. The van der Waals surface area contributed by atoms with Gasteiger partial charge in [0.05, 0.1) is 0 Å². The molecule has 0 saturated carbocycles. The number of rotatable bonds is 7. The first-order valence-electron chi connectivity index (χ1n) is 5.31. The van der Waals surface area contributed by atoms with Crippen LogP contribution >= 0.6 is 11.1 Å². The van der Waals surface area contributed by atoms with Crippen molar-refractivity contribution in [2.24, 2.45) is 0 Å². The molecule has 1 unspecified atom stereocenters. The molecule has 0 heterocycles. The van der Waals surface area contributed by atoms with Gasteiger partial charge < -0.3 is 4.57 Å². The van der Waals surface area contributed by atoms with Gasteiger partial charge in [0, 0.05) is 0 Å². The van der Waals surface area contributed by atoms with Gasteiger partial charge in [0.25, 0.3) is 0 Å². The molecule has 13 heavy (non-hydrogen) atoms. The van der Waals surface area contributed by atoms with E-state index in [4.69, 9.17) is 11.1 Å². The average Bonchev–Trinajstić information content (AvgIpc) is 2.14. The summed E-state index contributed by atoms with van der Waals surface area (Å²) in [5, 5.41) is 0. The van der Waals surface area contributed by atoms with Crippen molar-refractivity contribution in [3.05, 3.63) is 11.8 Å². The topological polar surface area (TPSA) is 3.24 Å². The molecule has 0 amide bonds. The monoisotopic (exact) mass is 219 g/mol. The molecule has 3 heteroatoms. The molecule has 0 N–H and O–H groups in total. The van der Waals surface area contributed by atoms with Gasteiger partial charge in [-0.15, -0.1) is 11.1 Å². The molecule has 0 aromatic carbocycles. The Hall–Kier alpha value is 0.207. The van der Waals surface area contributed by atoms with Gasteiger partial charge in [-0.25, -0.2) is 0 Å². The summed E-state index contributed by atoms with van der Waals surface area (Å²) in [6.45, 7) is 8.72. The van der Waals surface area contributed by atoms with Gasteiger partial charge in [0.15, 0.2) is 0 Å². The fourth-order valence-electron chi connectivity index (χ4n) is 1.22. The molecular weight excluding hydrogens is 198 g/mol. The largest absolute Gasteiger partial charge is 0.312 e. The minimum Gasteiger partial charge on any atom is -0.312 e. The van der Waals surface area contributed by atoms with E-state index in [0.29, 0.717) is 0 Å². The molecule has 0 fully saturated rings. The smallest absolute Gasteiger partial charge is 0.237 e. The lowest BCUT2D eigenvalue weighted by Gasteiger charge is -2.20. The zero-order valence-electron chi connectivity index (χ0n) is 9.09. The van der Waals surface area contributed by atoms with E-state index < -0.39 is 8.27 Å². The molecule has 0 aliphatic heterocycles. The van der Waals surface area contributed by atoms with Gasteiger partial charge >= 0.3 is 0 Å². The second kappa shape index (κ2) is 8.79. The third-order valence-electron chi connectivity index (χ3n) is 2.18. The molecule has 78 valence electrons. The van der Waals surface area contributed by atoms with Crippen LogP contribution in [0, 0.1) is 0 Å². The lowest BCUT2D eigenvalue weighted by atomic mass is 10.2. The number of hydrogen-bond donors (Lipinski definition) is 0. The van der Waals surface area contributed by atoms with Crippen LogP contribution in [-0.4, -0.2) is 25.9 Å². The normalized spacial score (nSPS) is 14.2. The van der Waals surface area contributed by atoms with E-state index in [0.717, 1.165) is 13.1 Å². The Balaban J connectivity index is 3.69. The Kier molecular flexibility index (Phi) is 8.93. The maximum Gasteiger partial charge on any atom is 0.237 e. The molecule has 0 aliphatic rings. The Morgan fingerprint density at radius 1 is 1.23 bits per heavy atom. The van der Waals surface area contributed by atoms with E-state index in [-0.39, 0.29) is 0 Å². The van der Waals surface area contributed by atoms with Crippen molar-refractivity contribution >= 4 is 19.3 Å². The number of nitrogens with zero attached hydrogens (tertiary/aromatic N) is 1. The van der Waals surface area contributed by atoms with Crippen molar-refractivity contribution in [3.63, 3.8) is 0 Å². The van der Waals surface area contributed by atoms with Crippen molar-refractivity contribution in [1.29, 1.82) is 0 Å². The van der Waals surface area contributed by atoms with E-state index in [9.17, 15) is 0 Å². The van der Waals surface area contributed by atoms with Crippen LogP contribution in [0.15, 0.2) is 11.8 Å². The first kappa shape index (κ1) is 13.2. The fourth-order valence-corrected chi connectivity index (χ4v) is 3.72. The van der Waals surface area contributed by atoms with Gasteiger partial charge in [-0.3, -0.25) is 0 Å². The Bertz CT molecular complexity index is 135. The summed E-state index contributed by atoms with van der Waals surface area (Å²) in [5.74, 6) is 0. The SMILES string of the molecule is CCCCC=C[SiH](Cl)N(CC)CC. The van der Waals surface area contributed by atoms with Gasteiger partial charge in [0.2, 0.25) is 8.27 Å². The first-order chi connectivity index (χ1) is 6.26. The summed E-state index contributed by atoms with van der Waals surface area (Å²) in [6, 6.07) is 0. The van der Waals surface area contributed by atoms with E-state index >= 15 is 0 Å². The summed E-state index contributed by atoms with van der Waals surface area (Å²) < 4.78 is 2.37. The van der Waals surface area contributed by atoms with Crippen LogP contribution in [0.2, 0.25) is 0 Å². The number of halogens is 1. The average molecular weight is 220 g/mol. The van der Waals surface area contributed by atoms with Crippen molar-refractivity contribution in [2.75, 3.05) is 13.1 Å². The van der Waals surface area contributed by atoms with Gasteiger partial charge in [0.1, 0.15) is 0 Å². The van der Waals surface area contributed by atoms with E-state index in [1.807, 2.05) is 0 Å². The van der Waals surface area contributed by atoms with E-state index in [1.165, 1.54) is 19.3 Å². The third kappa shape index (κ3) is 6.30. The van der Waals surface area contributed by atoms with Crippen LogP contribution in [-0.2, 0) is 0 Å². The van der Waals surface area contributed by atoms with Crippen molar-refractivity contribution in [3.8, 4) is 0 Å². The zero-order chi connectivity index (χ0) is 10.1. The third-order valence-corrected chi connectivity index (χ3v) is 5.46. The predicted molar refractivity (Wildman–Crippen MR) is 64.6 cm³/mol. The minimum absolute atomic E-state index is 1.08. The summed E-state index contributed by atoms with van der Waals surface area (Å²) in [5.41, 5.74) is 2.24. The van der Waals surface area contributed by atoms with Gasteiger partial charge in [-0.2, -0.15) is 0 Å². The zero-order valence-corrected chi connectivity index (χ0v) is 11.0. The highest BCUT2D eigenvalue weighted by Gasteiger charge is 2.09. The van der Waals surface area contributed by atoms with Crippen molar-refractivity contribution < 1.29 is 0 Å². The van der Waals surface area contributed by atoms with Gasteiger partial charge in [-0.1, -0.05) is 45.4 Å². The summed E-state index contributed by atoms with van der Waals surface area (Å²) in [4.78, 5) is 0. The molecule has 0 saturated heterocycles. The molecular formula is C10H22ClNSi. The molecule has 1 atom stereocenters. The van der Waals surface area contributed by atoms with Crippen LogP contribution in [0.5, 0.6) is 0 Å². The molecule has 1 nitrogen and oxygen atoms in total. The van der Waals surface area contributed by atoms with Crippen molar-refractivity contribution in [1.82, 2.24) is 4.57 Å². The maximum atomic E-state index is 6.30.